The number of nitrogens with zero attached hydrogens (tertiary/aromatic N) is 1. The molecule has 1 heteroatoms. The molecule has 1 nitrogen and oxygen atoms in total. The summed E-state index contributed by atoms with van der Waals surface area (Å²) in [6.45, 7) is 4.65. The number of unbranched alkanes of at least 4 members (excludes halogenated alkanes) is 5. The summed E-state index contributed by atoms with van der Waals surface area (Å²) >= 11 is 0. The highest BCUT2D eigenvalue weighted by molar-refractivity contribution is 5.21. The van der Waals surface area contributed by atoms with E-state index >= 15 is 0 Å². The molecular weight excluding hydrogens is 338 g/mol. The third-order valence-electron chi connectivity index (χ3n) is 7.94. The third kappa shape index (κ3) is 6.60. The van der Waals surface area contributed by atoms with Crippen molar-refractivity contribution in [1.82, 2.24) is 4.98 Å². The van der Waals surface area contributed by atoms with E-state index < -0.39 is 0 Å². The van der Waals surface area contributed by atoms with Crippen LogP contribution < -0.4 is 0 Å². The summed E-state index contributed by atoms with van der Waals surface area (Å²) in [5, 5.41) is 0. The van der Waals surface area contributed by atoms with E-state index in [9.17, 15) is 0 Å². The van der Waals surface area contributed by atoms with E-state index in [1.807, 2.05) is 0 Å². The van der Waals surface area contributed by atoms with Crippen molar-refractivity contribution in [2.45, 2.75) is 128 Å². The van der Waals surface area contributed by atoms with Crippen LogP contribution in [0.4, 0.5) is 0 Å². The highest BCUT2D eigenvalue weighted by Gasteiger charge is 2.24. The lowest BCUT2D eigenvalue weighted by Gasteiger charge is -2.30. The molecule has 0 bridgehead atoms. The van der Waals surface area contributed by atoms with Crippen molar-refractivity contribution in [3.05, 3.63) is 29.6 Å². The Morgan fingerprint density at radius 1 is 0.714 bits per heavy atom. The van der Waals surface area contributed by atoms with Crippen LogP contribution in [0.25, 0.3) is 0 Å². The van der Waals surface area contributed by atoms with Crippen molar-refractivity contribution in [3.63, 3.8) is 0 Å². The minimum Gasteiger partial charge on any atom is -0.261 e. The van der Waals surface area contributed by atoms with E-state index in [1.54, 1.807) is 0 Å². The van der Waals surface area contributed by atoms with Crippen LogP contribution >= 0.6 is 0 Å². The second-order valence-electron chi connectivity index (χ2n) is 9.92. The molecule has 158 valence electrons. The fourth-order valence-corrected chi connectivity index (χ4v) is 5.76. The monoisotopic (exact) mass is 383 g/mol. The molecule has 3 rings (SSSR count). The van der Waals surface area contributed by atoms with E-state index in [0.717, 1.165) is 23.7 Å². The minimum atomic E-state index is 0.727. The van der Waals surface area contributed by atoms with Crippen molar-refractivity contribution < 1.29 is 0 Å². The van der Waals surface area contributed by atoms with Gasteiger partial charge in [-0.1, -0.05) is 71.3 Å². The minimum absolute atomic E-state index is 0.727. The van der Waals surface area contributed by atoms with E-state index in [2.05, 4.69) is 32.2 Å². The van der Waals surface area contributed by atoms with Gasteiger partial charge in [0.1, 0.15) is 0 Å². The van der Waals surface area contributed by atoms with Crippen LogP contribution in [0.3, 0.4) is 0 Å². The maximum Gasteiger partial charge on any atom is 0.0434 e. The molecule has 28 heavy (non-hydrogen) atoms. The Bertz CT molecular complexity index is 518. The van der Waals surface area contributed by atoms with Crippen molar-refractivity contribution in [1.29, 1.82) is 0 Å². The third-order valence-corrected chi connectivity index (χ3v) is 7.94. The first kappa shape index (κ1) is 21.8. The molecule has 0 atom stereocenters. The first-order chi connectivity index (χ1) is 13.8. The lowest BCUT2D eigenvalue weighted by molar-refractivity contribution is 0.301. The van der Waals surface area contributed by atoms with Gasteiger partial charge >= 0.3 is 0 Å². The smallest absolute Gasteiger partial charge is 0.0434 e. The van der Waals surface area contributed by atoms with E-state index in [1.165, 1.54) is 114 Å². The summed E-state index contributed by atoms with van der Waals surface area (Å²) in [5.74, 6) is 3.48. The first-order valence-electron chi connectivity index (χ1n) is 12.8. The van der Waals surface area contributed by atoms with Gasteiger partial charge in [-0.15, -0.1) is 0 Å². The maximum atomic E-state index is 4.93. The van der Waals surface area contributed by atoms with Crippen LogP contribution in [0.15, 0.2) is 18.3 Å². The molecule has 0 N–H and O–H groups in total. The highest BCUT2D eigenvalue weighted by atomic mass is 14.7. The normalized spacial score (nSPS) is 28.4. The van der Waals surface area contributed by atoms with E-state index in [-0.39, 0.29) is 0 Å². The van der Waals surface area contributed by atoms with Crippen molar-refractivity contribution in [2.24, 2.45) is 11.8 Å². The molecule has 0 spiro atoms. The topological polar surface area (TPSA) is 12.9 Å². The molecule has 1 aromatic heterocycles. The zero-order chi connectivity index (χ0) is 19.6. The Balaban J connectivity index is 1.36. The van der Waals surface area contributed by atoms with Crippen molar-refractivity contribution in [3.8, 4) is 0 Å². The molecule has 2 aliphatic carbocycles. The van der Waals surface area contributed by atoms with Crippen molar-refractivity contribution in [2.75, 3.05) is 0 Å². The Kier molecular flexibility index (Phi) is 9.35. The molecule has 1 aromatic rings. The largest absolute Gasteiger partial charge is 0.261 e. The molecule has 0 radical (unpaired) electrons. The standard InChI is InChI=1S/C27H45N/c1-3-5-6-7-8-9-10-23-13-15-24(16-14-23)26-19-20-27(28-21-26)25-17-11-22(4-2)12-18-25/h19-25H,3-18H2,1-2H3. The SMILES string of the molecule is CCCCCCCCC1CCC(c2ccc(C3CCC(CC)CC3)nc2)CC1. The second kappa shape index (κ2) is 12.0. The number of rotatable bonds is 10. The summed E-state index contributed by atoms with van der Waals surface area (Å²) < 4.78 is 0. The van der Waals surface area contributed by atoms with Gasteiger partial charge in [0.05, 0.1) is 0 Å². The van der Waals surface area contributed by atoms with Gasteiger partial charge in [-0.3, -0.25) is 4.98 Å². The molecule has 0 saturated heterocycles. The fourth-order valence-electron chi connectivity index (χ4n) is 5.76. The fraction of sp³-hybridized carbons (Fsp3) is 0.815. The first-order valence-corrected chi connectivity index (χ1v) is 12.8. The summed E-state index contributed by atoms with van der Waals surface area (Å²) in [4.78, 5) is 4.93. The molecule has 2 saturated carbocycles. The maximum absolute atomic E-state index is 4.93. The Labute approximate surface area is 175 Å². The zero-order valence-corrected chi connectivity index (χ0v) is 18.8. The number of hydrogen-bond acceptors (Lipinski definition) is 1. The van der Waals surface area contributed by atoms with Gasteiger partial charge in [0.15, 0.2) is 0 Å². The van der Waals surface area contributed by atoms with Gasteiger partial charge in [0.2, 0.25) is 0 Å². The molecule has 1 heterocycles. The molecule has 2 fully saturated rings. The lowest BCUT2D eigenvalue weighted by atomic mass is 9.77. The van der Waals surface area contributed by atoms with Gasteiger partial charge in [-0.25, -0.2) is 0 Å². The summed E-state index contributed by atoms with van der Waals surface area (Å²) in [7, 11) is 0. The van der Waals surface area contributed by atoms with Crippen LogP contribution in [0.2, 0.25) is 0 Å². The Morgan fingerprint density at radius 2 is 1.36 bits per heavy atom. The molecule has 2 aliphatic rings. The van der Waals surface area contributed by atoms with E-state index in [4.69, 9.17) is 4.98 Å². The van der Waals surface area contributed by atoms with Gasteiger partial charge < -0.3 is 0 Å². The van der Waals surface area contributed by atoms with Gasteiger partial charge in [0.25, 0.3) is 0 Å². The predicted octanol–water partition coefficient (Wildman–Crippen LogP) is 8.79. The Hall–Kier alpha value is -0.850. The lowest BCUT2D eigenvalue weighted by Crippen LogP contribution is -2.15. The molecule has 0 aromatic carbocycles. The highest BCUT2D eigenvalue weighted by Crippen LogP contribution is 2.39. The van der Waals surface area contributed by atoms with Crippen LogP contribution in [-0.4, -0.2) is 4.98 Å². The van der Waals surface area contributed by atoms with Crippen LogP contribution in [-0.2, 0) is 0 Å². The Morgan fingerprint density at radius 3 is 2.00 bits per heavy atom. The average molecular weight is 384 g/mol. The zero-order valence-electron chi connectivity index (χ0n) is 18.8. The number of hydrogen-bond donors (Lipinski definition) is 0. The van der Waals surface area contributed by atoms with Crippen molar-refractivity contribution >= 4 is 0 Å². The quantitative estimate of drug-likeness (QED) is 0.368. The summed E-state index contributed by atoms with van der Waals surface area (Å²) in [6.07, 6.45) is 24.9. The van der Waals surface area contributed by atoms with Crippen LogP contribution in [0.1, 0.15) is 140 Å². The molecular formula is C27H45N. The summed E-state index contributed by atoms with van der Waals surface area (Å²) in [6, 6.07) is 4.79. The number of aromatic nitrogens is 1. The van der Waals surface area contributed by atoms with E-state index in [0.29, 0.717) is 0 Å². The van der Waals surface area contributed by atoms with Gasteiger partial charge in [-0.2, -0.15) is 0 Å². The van der Waals surface area contributed by atoms with Gasteiger partial charge in [0, 0.05) is 17.8 Å². The molecule has 0 aliphatic heterocycles. The van der Waals surface area contributed by atoms with Gasteiger partial charge in [-0.05, 0) is 80.8 Å². The summed E-state index contributed by atoms with van der Waals surface area (Å²) in [5.41, 5.74) is 2.89. The number of pyridine rings is 1. The second-order valence-corrected chi connectivity index (χ2v) is 9.92. The molecule has 0 unspecified atom stereocenters. The van der Waals surface area contributed by atoms with Crippen LogP contribution in [0, 0.1) is 11.8 Å². The molecule has 0 amide bonds. The van der Waals surface area contributed by atoms with Crippen LogP contribution in [0.5, 0.6) is 0 Å². The average Bonchev–Trinajstić information content (AvgIpc) is 2.77. The predicted molar refractivity (Wildman–Crippen MR) is 122 cm³/mol.